The molecule has 0 fully saturated rings. The molecular formula is C18H22Cl2N4OS. The fourth-order valence-electron chi connectivity index (χ4n) is 2.30. The van der Waals surface area contributed by atoms with Gasteiger partial charge in [-0.25, -0.2) is 0 Å². The lowest BCUT2D eigenvalue weighted by atomic mass is 10.2. The Hall–Kier alpha value is -1.50. The number of hydrogen-bond donors (Lipinski definition) is 1. The summed E-state index contributed by atoms with van der Waals surface area (Å²) in [5, 5.41) is 12.9. The van der Waals surface area contributed by atoms with E-state index in [1.165, 1.54) is 11.8 Å². The molecule has 2 rings (SSSR count). The van der Waals surface area contributed by atoms with Crippen LogP contribution in [0.2, 0.25) is 10.0 Å². The second-order valence-corrected chi connectivity index (χ2v) is 8.38. The first-order valence-corrected chi connectivity index (χ1v) is 9.91. The first-order valence-electron chi connectivity index (χ1n) is 8.27. The van der Waals surface area contributed by atoms with Crippen LogP contribution >= 0.6 is 35.0 Å². The predicted octanol–water partition coefficient (Wildman–Crippen LogP) is 4.69. The van der Waals surface area contributed by atoms with E-state index < -0.39 is 0 Å². The Bertz CT molecular complexity index is 791. The highest BCUT2D eigenvalue weighted by Crippen LogP contribution is 2.33. The second kappa shape index (κ2) is 9.44. The summed E-state index contributed by atoms with van der Waals surface area (Å²) in [5.41, 5.74) is 0.764. The van der Waals surface area contributed by atoms with Crippen molar-refractivity contribution in [3.63, 3.8) is 0 Å². The van der Waals surface area contributed by atoms with Crippen molar-refractivity contribution in [1.82, 2.24) is 20.1 Å². The van der Waals surface area contributed by atoms with Crippen LogP contribution in [-0.4, -0.2) is 32.5 Å². The maximum atomic E-state index is 12.1. The van der Waals surface area contributed by atoms with Gasteiger partial charge in [-0.3, -0.25) is 4.79 Å². The van der Waals surface area contributed by atoms with Crippen molar-refractivity contribution in [2.45, 2.75) is 37.7 Å². The monoisotopic (exact) mass is 412 g/mol. The van der Waals surface area contributed by atoms with Crippen molar-refractivity contribution in [3.05, 3.63) is 40.9 Å². The fraction of sp³-hybridized carbons (Fsp3) is 0.389. The molecule has 0 unspecified atom stereocenters. The van der Waals surface area contributed by atoms with E-state index in [1.807, 2.05) is 17.6 Å². The zero-order valence-electron chi connectivity index (χ0n) is 15.0. The third-order valence-electron chi connectivity index (χ3n) is 3.51. The number of thioether (sulfide) groups is 1. The SMILES string of the molecule is C=CCNC(=O)[C@@H](C)Sc1nnc(-c2ccc(Cl)cc2Cl)n1CC(C)C. The molecule has 0 aliphatic carbocycles. The van der Waals surface area contributed by atoms with Gasteiger partial charge in [0.15, 0.2) is 11.0 Å². The standard InChI is InChI=1S/C18H22Cl2N4OS/c1-5-8-21-17(25)12(4)26-18-23-22-16(24(18)10-11(2)3)14-7-6-13(19)9-15(14)20/h5-7,9,11-12H,1,8,10H2,2-4H3,(H,21,25)/t12-/m1/s1. The lowest BCUT2D eigenvalue weighted by molar-refractivity contribution is -0.120. The number of nitrogens with one attached hydrogen (secondary N) is 1. The van der Waals surface area contributed by atoms with Gasteiger partial charge in [0.1, 0.15) is 0 Å². The molecule has 0 radical (unpaired) electrons. The molecule has 2 aromatic rings. The Morgan fingerprint density at radius 1 is 1.35 bits per heavy atom. The van der Waals surface area contributed by atoms with Gasteiger partial charge in [0.05, 0.1) is 10.3 Å². The minimum absolute atomic E-state index is 0.0694. The summed E-state index contributed by atoms with van der Waals surface area (Å²) >= 11 is 13.7. The summed E-state index contributed by atoms with van der Waals surface area (Å²) in [4.78, 5) is 12.1. The third-order valence-corrected chi connectivity index (χ3v) is 5.14. The van der Waals surface area contributed by atoms with Gasteiger partial charge in [-0.05, 0) is 31.0 Å². The highest BCUT2D eigenvalue weighted by atomic mass is 35.5. The van der Waals surface area contributed by atoms with E-state index in [0.717, 1.165) is 5.56 Å². The molecular weight excluding hydrogens is 391 g/mol. The number of hydrogen-bond acceptors (Lipinski definition) is 4. The molecule has 1 aromatic heterocycles. The molecule has 1 heterocycles. The molecule has 5 nitrogen and oxygen atoms in total. The summed E-state index contributed by atoms with van der Waals surface area (Å²) in [6.45, 7) is 10.8. The Labute approximate surface area is 168 Å². The van der Waals surface area contributed by atoms with Crippen LogP contribution < -0.4 is 5.32 Å². The van der Waals surface area contributed by atoms with Crippen LogP contribution in [0.4, 0.5) is 0 Å². The Morgan fingerprint density at radius 2 is 2.08 bits per heavy atom. The number of carbonyl (C=O) groups excluding carboxylic acids is 1. The first-order chi connectivity index (χ1) is 12.3. The first kappa shape index (κ1) is 20.8. The summed E-state index contributed by atoms with van der Waals surface area (Å²) in [6, 6.07) is 5.29. The molecule has 0 saturated carbocycles. The van der Waals surface area contributed by atoms with Crippen LogP contribution in [0.25, 0.3) is 11.4 Å². The zero-order chi connectivity index (χ0) is 19.3. The highest BCUT2D eigenvalue weighted by Gasteiger charge is 2.22. The smallest absolute Gasteiger partial charge is 0.233 e. The summed E-state index contributed by atoms with van der Waals surface area (Å²) in [6.07, 6.45) is 1.65. The van der Waals surface area contributed by atoms with E-state index in [-0.39, 0.29) is 11.2 Å². The molecule has 1 amide bonds. The lowest BCUT2D eigenvalue weighted by Gasteiger charge is -2.15. The number of nitrogens with zero attached hydrogens (tertiary/aromatic N) is 3. The molecule has 1 aromatic carbocycles. The van der Waals surface area contributed by atoms with Crippen molar-refractivity contribution in [2.24, 2.45) is 5.92 Å². The van der Waals surface area contributed by atoms with Crippen molar-refractivity contribution < 1.29 is 4.79 Å². The molecule has 0 aliphatic rings. The molecule has 8 heteroatoms. The molecule has 0 spiro atoms. The van der Waals surface area contributed by atoms with Crippen LogP contribution in [0, 0.1) is 5.92 Å². The number of carbonyl (C=O) groups is 1. The van der Waals surface area contributed by atoms with Crippen LogP contribution in [0.1, 0.15) is 20.8 Å². The van der Waals surface area contributed by atoms with E-state index in [4.69, 9.17) is 23.2 Å². The van der Waals surface area contributed by atoms with E-state index >= 15 is 0 Å². The number of aromatic nitrogens is 3. The molecule has 1 N–H and O–H groups in total. The van der Waals surface area contributed by atoms with Crippen LogP contribution in [-0.2, 0) is 11.3 Å². The fourth-order valence-corrected chi connectivity index (χ4v) is 3.68. The van der Waals surface area contributed by atoms with Gasteiger partial charge >= 0.3 is 0 Å². The van der Waals surface area contributed by atoms with Crippen molar-refractivity contribution in [2.75, 3.05) is 6.54 Å². The van der Waals surface area contributed by atoms with E-state index in [1.54, 1.807) is 18.2 Å². The summed E-state index contributed by atoms with van der Waals surface area (Å²) in [7, 11) is 0. The van der Waals surface area contributed by atoms with Gasteiger partial charge in [0.2, 0.25) is 5.91 Å². The van der Waals surface area contributed by atoms with Crippen molar-refractivity contribution in [1.29, 1.82) is 0 Å². The number of benzene rings is 1. The van der Waals surface area contributed by atoms with E-state index in [9.17, 15) is 4.79 Å². The number of amides is 1. The van der Waals surface area contributed by atoms with Crippen LogP contribution in [0.15, 0.2) is 36.0 Å². The second-order valence-electron chi connectivity index (χ2n) is 6.23. The molecule has 140 valence electrons. The number of halogens is 2. The van der Waals surface area contributed by atoms with Gasteiger partial charge in [-0.15, -0.1) is 16.8 Å². The van der Waals surface area contributed by atoms with Crippen molar-refractivity contribution >= 4 is 40.9 Å². The third kappa shape index (κ3) is 5.25. The average Bonchev–Trinajstić information content (AvgIpc) is 2.94. The minimum atomic E-state index is -0.307. The molecule has 1 atom stereocenters. The molecule has 26 heavy (non-hydrogen) atoms. The maximum Gasteiger partial charge on any atom is 0.233 e. The molecule has 0 saturated heterocycles. The van der Waals surface area contributed by atoms with Gasteiger partial charge in [0, 0.05) is 23.7 Å². The predicted molar refractivity (Wildman–Crippen MR) is 109 cm³/mol. The molecule has 0 bridgehead atoms. The van der Waals surface area contributed by atoms with Crippen LogP contribution in [0.5, 0.6) is 0 Å². The van der Waals surface area contributed by atoms with Crippen molar-refractivity contribution in [3.8, 4) is 11.4 Å². The molecule has 0 aliphatic heterocycles. The Balaban J connectivity index is 2.34. The summed E-state index contributed by atoms with van der Waals surface area (Å²) < 4.78 is 2.00. The lowest BCUT2D eigenvalue weighted by Crippen LogP contribution is -2.31. The largest absolute Gasteiger partial charge is 0.352 e. The van der Waals surface area contributed by atoms with E-state index in [2.05, 4.69) is 35.9 Å². The van der Waals surface area contributed by atoms with Gasteiger partial charge < -0.3 is 9.88 Å². The van der Waals surface area contributed by atoms with Gasteiger partial charge in [0.25, 0.3) is 0 Å². The Kier molecular flexibility index (Phi) is 7.55. The van der Waals surface area contributed by atoms with Crippen LogP contribution in [0.3, 0.4) is 0 Å². The van der Waals surface area contributed by atoms with Gasteiger partial charge in [-0.2, -0.15) is 0 Å². The maximum absolute atomic E-state index is 12.1. The minimum Gasteiger partial charge on any atom is -0.352 e. The Morgan fingerprint density at radius 3 is 2.69 bits per heavy atom. The topological polar surface area (TPSA) is 59.8 Å². The normalized spacial score (nSPS) is 12.2. The highest BCUT2D eigenvalue weighted by molar-refractivity contribution is 8.00. The quantitative estimate of drug-likeness (QED) is 0.504. The van der Waals surface area contributed by atoms with Gasteiger partial charge in [-0.1, -0.05) is 54.9 Å². The zero-order valence-corrected chi connectivity index (χ0v) is 17.3. The number of rotatable bonds is 8. The van der Waals surface area contributed by atoms with E-state index in [0.29, 0.717) is 40.0 Å². The summed E-state index contributed by atoms with van der Waals surface area (Å²) in [5.74, 6) is 0.974. The average molecular weight is 413 g/mol.